The van der Waals surface area contributed by atoms with Gasteiger partial charge in [0.25, 0.3) is 0 Å². The number of carboxylic acid groups (broad SMARTS) is 1. The van der Waals surface area contributed by atoms with Crippen LogP contribution in [0.25, 0.3) is 0 Å². The predicted octanol–water partition coefficient (Wildman–Crippen LogP) is 5.49. The number of hydrogen-bond donors (Lipinski definition) is 2. The Morgan fingerprint density at radius 1 is 0.862 bits per heavy atom. The molecule has 6 rings (SSSR count). The Kier molecular flexibility index (Phi) is 4.46. The van der Waals surface area contributed by atoms with E-state index in [9.17, 15) is 14.7 Å². The van der Waals surface area contributed by atoms with Gasteiger partial charge in [-0.05, 0) is 116 Å². The molecule has 4 aliphatic rings. The summed E-state index contributed by atoms with van der Waals surface area (Å²) in [5, 5.41) is 19.6. The Labute approximate surface area is 174 Å². The zero-order chi connectivity index (χ0) is 20.2. The van der Waals surface area contributed by atoms with E-state index in [4.69, 9.17) is 5.11 Å². The summed E-state index contributed by atoms with van der Waals surface area (Å²) in [6.45, 7) is 0. The number of phenolic OH excluding ortho intramolecular Hbond substituents is 1. The summed E-state index contributed by atoms with van der Waals surface area (Å²) in [5.41, 5.74) is 1.80. The lowest BCUT2D eigenvalue weighted by Crippen LogP contribution is -2.48. The smallest absolute Gasteiger partial charge is 0.335 e. The van der Waals surface area contributed by atoms with E-state index in [0.29, 0.717) is 16.2 Å². The van der Waals surface area contributed by atoms with E-state index in [1.54, 1.807) is 24.3 Å². The van der Waals surface area contributed by atoms with Crippen LogP contribution in [0.1, 0.15) is 64.8 Å². The molecule has 0 atom stereocenters. The van der Waals surface area contributed by atoms with E-state index in [2.05, 4.69) is 0 Å². The van der Waals surface area contributed by atoms with Gasteiger partial charge >= 0.3 is 5.97 Å². The van der Waals surface area contributed by atoms with Crippen molar-refractivity contribution in [2.45, 2.75) is 48.8 Å². The van der Waals surface area contributed by atoms with E-state index in [1.807, 2.05) is 6.07 Å². The van der Waals surface area contributed by atoms with E-state index >= 15 is 0 Å². The van der Waals surface area contributed by atoms with Crippen molar-refractivity contribution in [2.24, 2.45) is 17.8 Å². The summed E-state index contributed by atoms with van der Waals surface area (Å²) in [6.07, 6.45) is 7.40. The number of thioether (sulfide) groups is 1. The highest BCUT2D eigenvalue weighted by Crippen LogP contribution is 2.61. The van der Waals surface area contributed by atoms with Crippen LogP contribution in [0.3, 0.4) is 0 Å². The van der Waals surface area contributed by atoms with E-state index in [0.717, 1.165) is 54.3 Å². The van der Waals surface area contributed by atoms with E-state index in [1.165, 1.54) is 31.4 Å². The van der Waals surface area contributed by atoms with E-state index in [-0.39, 0.29) is 16.1 Å². The summed E-state index contributed by atoms with van der Waals surface area (Å²) in [4.78, 5) is 24.6. The minimum absolute atomic E-state index is 0.0307. The number of rotatable bonds is 4. The summed E-state index contributed by atoms with van der Waals surface area (Å²) in [7, 11) is 0. The van der Waals surface area contributed by atoms with Gasteiger partial charge in [0.2, 0.25) is 5.12 Å². The lowest BCUT2D eigenvalue weighted by Gasteiger charge is -2.57. The van der Waals surface area contributed by atoms with Crippen molar-refractivity contribution in [1.82, 2.24) is 0 Å². The summed E-state index contributed by atoms with van der Waals surface area (Å²) in [5.74, 6) is 1.64. The average molecular weight is 409 g/mol. The van der Waals surface area contributed by atoms with Crippen LogP contribution in [0.2, 0.25) is 0 Å². The number of aromatic carboxylic acids is 1. The van der Waals surface area contributed by atoms with Crippen molar-refractivity contribution < 1.29 is 19.8 Å². The number of benzene rings is 2. The molecular weight excluding hydrogens is 384 g/mol. The molecule has 5 heteroatoms. The molecule has 0 unspecified atom stereocenters. The number of hydrogen-bond acceptors (Lipinski definition) is 4. The number of aromatic hydroxyl groups is 1. The molecule has 2 aromatic rings. The Hall–Kier alpha value is -2.27. The van der Waals surface area contributed by atoms with Crippen LogP contribution < -0.4 is 0 Å². The molecule has 4 aliphatic carbocycles. The Morgan fingerprint density at radius 3 is 1.97 bits per heavy atom. The molecule has 150 valence electrons. The molecule has 0 aliphatic heterocycles. The van der Waals surface area contributed by atoms with Crippen LogP contribution in [0, 0.1) is 17.8 Å². The standard InChI is InChI=1S/C24H24O4S/c25-21-6-3-18(23(28)29-19-4-1-17(2-5-19)22(26)27)10-20(21)24-11-14-7-15(12-24)9-16(8-14)13-24/h1-6,10,14-16,25H,7-9,11-13H2,(H,26,27). The monoisotopic (exact) mass is 408 g/mol. The average Bonchev–Trinajstić information content (AvgIpc) is 2.67. The summed E-state index contributed by atoms with van der Waals surface area (Å²) < 4.78 is 0. The molecule has 4 saturated carbocycles. The predicted molar refractivity (Wildman–Crippen MR) is 112 cm³/mol. The minimum atomic E-state index is -0.980. The van der Waals surface area contributed by atoms with Gasteiger partial charge in [-0.1, -0.05) is 0 Å². The van der Waals surface area contributed by atoms with Crippen LogP contribution in [0.5, 0.6) is 5.75 Å². The molecule has 4 bridgehead atoms. The molecule has 2 N–H and O–H groups in total. The lowest BCUT2D eigenvalue weighted by atomic mass is 9.48. The van der Waals surface area contributed by atoms with Crippen molar-refractivity contribution in [1.29, 1.82) is 0 Å². The fourth-order valence-electron chi connectivity index (χ4n) is 6.36. The Balaban J connectivity index is 1.41. The van der Waals surface area contributed by atoms with Gasteiger partial charge in [0.05, 0.1) is 5.56 Å². The third-order valence-electron chi connectivity index (χ3n) is 7.15. The first-order valence-corrected chi connectivity index (χ1v) is 11.1. The van der Waals surface area contributed by atoms with Crippen LogP contribution in [0.4, 0.5) is 0 Å². The third kappa shape index (κ3) is 3.35. The van der Waals surface area contributed by atoms with Crippen molar-refractivity contribution in [2.75, 3.05) is 0 Å². The maximum absolute atomic E-state index is 12.9. The number of carbonyl (C=O) groups is 2. The largest absolute Gasteiger partial charge is 0.508 e. The van der Waals surface area contributed by atoms with Gasteiger partial charge in [-0.25, -0.2) is 4.79 Å². The molecule has 0 aromatic heterocycles. The molecular formula is C24H24O4S. The summed E-state index contributed by atoms with van der Waals surface area (Å²) in [6, 6.07) is 11.6. The van der Waals surface area contributed by atoms with Gasteiger partial charge in [-0.2, -0.15) is 0 Å². The number of carboxylic acids is 1. The topological polar surface area (TPSA) is 74.6 Å². The molecule has 29 heavy (non-hydrogen) atoms. The molecule has 4 fully saturated rings. The first kappa shape index (κ1) is 18.7. The molecule has 0 amide bonds. The van der Waals surface area contributed by atoms with Crippen molar-refractivity contribution >= 4 is 22.8 Å². The second-order valence-corrected chi connectivity index (χ2v) is 10.2. The minimum Gasteiger partial charge on any atom is -0.508 e. The van der Waals surface area contributed by atoms with Crippen LogP contribution >= 0.6 is 11.8 Å². The van der Waals surface area contributed by atoms with Crippen molar-refractivity contribution in [3.63, 3.8) is 0 Å². The van der Waals surface area contributed by atoms with Gasteiger partial charge in [0, 0.05) is 16.0 Å². The molecule has 0 radical (unpaired) electrons. The van der Waals surface area contributed by atoms with Crippen molar-refractivity contribution in [3.8, 4) is 5.75 Å². The molecule has 4 nitrogen and oxygen atoms in total. The Morgan fingerprint density at radius 2 is 1.41 bits per heavy atom. The molecule has 0 saturated heterocycles. The summed E-state index contributed by atoms with van der Waals surface area (Å²) >= 11 is 1.10. The van der Waals surface area contributed by atoms with Gasteiger partial charge in [0.15, 0.2) is 0 Å². The van der Waals surface area contributed by atoms with Gasteiger partial charge < -0.3 is 10.2 Å². The van der Waals surface area contributed by atoms with Gasteiger partial charge in [-0.15, -0.1) is 0 Å². The lowest BCUT2D eigenvalue weighted by molar-refractivity contribution is -0.00614. The Bertz CT molecular complexity index is 944. The first-order valence-electron chi connectivity index (χ1n) is 10.3. The molecule has 2 aromatic carbocycles. The van der Waals surface area contributed by atoms with Crippen LogP contribution in [-0.4, -0.2) is 21.3 Å². The highest BCUT2D eigenvalue weighted by atomic mass is 32.2. The zero-order valence-corrected chi connectivity index (χ0v) is 17.0. The highest BCUT2D eigenvalue weighted by molar-refractivity contribution is 8.14. The van der Waals surface area contributed by atoms with Gasteiger partial charge in [0.1, 0.15) is 5.75 Å². The zero-order valence-electron chi connectivity index (χ0n) is 16.1. The fourth-order valence-corrected chi connectivity index (χ4v) is 7.09. The first-order chi connectivity index (χ1) is 13.9. The maximum Gasteiger partial charge on any atom is 0.335 e. The number of carbonyl (C=O) groups excluding carboxylic acids is 1. The normalized spacial score (nSPS) is 29.7. The van der Waals surface area contributed by atoms with Crippen LogP contribution in [0.15, 0.2) is 47.4 Å². The maximum atomic E-state index is 12.9. The molecule has 0 heterocycles. The second-order valence-electron chi connectivity index (χ2n) is 9.15. The van der Waals surface area contributed by atoms with Crippen molar-refractivity contribution in [3.05, 3.63) is 59.2 Å². The second kappa shape index (κ2) is 6.91. The van der Waals surface area contributed by atoms with Gasteiger partial charge in [-0.3, -0.25) is 4.79 Å². The third-order valence-corrected chi connectivity index (χ3v) is 8.08. The quantitative estimate of drug-likeness (QED) is 0.654. The van der Waals surface area contributed by atoms with Crippen LogP contribution in [-0.2, 0) is 5.41 Å². The fraction of sp³-hybridized carbons (Fsp3) is 0.417. The highest BCUT2D eigenvalue weighted by Gasteiger charge is 2.52. The SMILES string of the molecule is O=C(O)c1ccc(SC(=O)c2ccc(O)c(C34CC5CC(CC(C5)C3)C4)c2)cc1. The molecule has 0 spiro atoms. The number of phenols is 1. The van der Waals surface area contributed by atoms with E-state index < -0.39 is 5.97 Å².